The lowest BCUT2D eigenvalue weighted by atomic mass is 10.1. The summed E-state index contributed by atoms with van der Waals surface area (Å²) >= 11 is 2.13. The molecular formula is C13H13IN2O3. The molecule has 19 heavy (non-hydrogen) atoms. The molecule has 0 aliphatic heterocycles. The number of halogens is 1. The highest BCUT2D eigenvalue weighted by molar-refractivity contribution is 14.1. The van der Waals surface area contributed by atoms with Gasteiger partial charge < -0.3 is 9.73 Å². The molecule has 0 atom stereocenters. The zero-order valence-electron chi connectivity index (χ0n) is 10.1. The summed E-state index contributed by atoms with van der Waals surface area (Å²) < 4.78 is 6.31. The van der Waals surface area contributed by atoms with Gasteiger partial charge in [-0.2, -0.15) is 0 Å². The Morgan fingerprint density at radius 2 is 1.95 bits per heavy atom. The number of nitro benzene ring substituents is 1. The van der Waals surface area contributed by atoms with Gasteiger partial charge in [-0.3, -0.25) is 10.1 Å². The van der Waals surface area contributed by atoms with E-state index in [1.165, 1.54) is 12.1 Å². The predicted molar refractivity (Wildman–Crippen MR) is 79.9 cm³/mol. The number of nitrogens with one attached hydrogen (secondary N) is 1. The summed E-state index contributed by atoms with van der Waals surface area (Å²) in [5.74, 6) is 0.910. The minimum absolute atomic E-state index is 0.127. The molecule has 0 saturated heterocycles. The monoisotopic (exact) mass is 372 g/mol. The molecule has 2 aromatic rings. The molecule has 0 fully saturated rings. The molecular weight excluding hydrogens is 359 g/mol. The molecule has 0 aliphatic carbocycles. The van der Waals surface area contributed by atoms with E-state index in [2.05, 4.69) is 27.9 Å². The molecule has 6 heteroatoms. The maximum absolute atomic E-state index is 10.5. The van der Waals surface area contributed by atoms with Crippen LogP contribution in [-0.4, -0.2) is 11.5 Å². The van der Waals surface area contributed by atoms with Gasteiger partial charge in [0, 0.05) is 12.1 Å². The van der Waals surface area contributed by atoms with Gasteiger partial charge in [-0.1, -0.05) is 12.1 Å². The molecule has 5 nitrogen and oxygen atoms in total. The molecule has 1 heterocycles. The highest BCUT2D eigenvalue weighted by Gasteiger charge is 2.03. The van der Waals surface area contributed by atoms with Crippen molar-refractivity contribution in [3.8, 4) is 0 Å². The van der Waals surface area contributed by atoms with Gasteiger partial charge in [0.05, 0.1) is 11.5 Å². The van der Waals surface area contributed by atoms with Gasteiger partial charge in [-0.25, -0.2) is 0 Å². The van der Waals surface area contributed by atoms with Gasteiger partial charge in [0.15, 0.2) is 3.77 Å². The normalized spacial score (nSPS) is 10.6. The number of hydrogen-bond acceptors (Lipinski definition) is 4. The molecule has 0 radical (unpaired) electrons. The number of nitrogens with zero attached hydrogens (tertiary/aromatic N) is 1. The van der Waals surface area contributed by atoms with E-state index in [0.29, 0.717) is 6.54 Å². The van der Waals surface area contributed by atoms with E-state index in [0.717, 1.165) is 28.1 Å². The lowest BCUT2D eigenvalue weighted by Crippen LogP contribution is -2.16. The number of non-ortho nitro benzene ring substituents is 1. The number of benzene rings is 1. The van der Waals surface area contributed by atoms with Crippen LogP contribution >= 0.6 is 22.6 Å². The molecule has 0 unspecified atom stereocenters. The Morgan fingerprint density at radius 3 is 2.53 bits per heavy atom. The third-order valence-corrected chi connectivity index (χ3v) is 3.25. The van der Waals surface area contributed by atoms with Crippen LogP contribution in [-0.2, 0) is 13.0 Å². The number of rotatable bonds is 6. The van der Waals surface area contributed by atoms with E-state index < -0.39 is 0 Å². The minimum Gasteiger partial charge on any atom is -0.454 e. The lowest BCUT2D eigenvalue weighted by Gasteiger charge is -2.03. The largest absolute Gasteiger partial charge is 0.454 e. The molecule has 0 saturated carbocycles. The predicted octanol–water partition coefficient (Wildman–Crippen LogP) is 3.12. The Kier molecular flexibility index (Phi) is 4.92. The zero-order valence-corrected chi connectivity index (χ0v) is 12.3. The highest BCUT2D eigenvalue weighted by atomic mass is 127. The molecule has 1 N–H and O–H groups in total. The van der Waals surface area contributed by atoms with E-state index in [-0.39, 0.29) is 10.6 Å². The van der Waals surface area contributed by atoms with Crippen molar-refractivity contribution >= 4 is 28.3 Å². The summed E-state index contributed by atoms with van der Waals surface area (Å²) in [4.78, 5) is 10.1. The van der Waals surface area contributed by atoms with Crippen LogP contribution in [0.4, 0.5) is 5.69 Å². The van der Waals surface area contributed by atoms with E-state index in [4.69, 9.17) is 4.42 Å². The minimum atomic E-state index is -0.388. The maximum Gasteiger partial charge on any atom is 0.269 e. The zero-order chi connectivity index (χ0) is 13.7. The molecule has 100 valence electrons. The molecule has 0 spiro atoms. The van der Waals surface area contributed by atoms with E-state index in [9.17, 15) is 10.1 Å². The van der Waals surface area contributed by atoms with Crippen molar-refractivity contribution in [3.63, 3.8) is 0 Å². The van der Waals surface area contributed by atoms with E-state index in [1.54, 1.807) is 12.1 Å². The van der Waals surface area contributed by atoms with Gasteiger partial charge in [0.1, 0.15) is 5.76 Å². The fourth-order valence-corrected chi connectivity index (χ4v) is 2.14. The molecule has 1 aromatic heterocycles. The average molecular weight is 372 g/mol. The summed E-state index contributed by atoms with van der Waals surface area (Å²) in [6.07, 6.45) is 0.829. The first-order valence-corrected chi connectivity index (χ1v) is 6.91. The molecule has 1 aromatic carbocycles. The smallest absolute Gasteiger partial charge is 0.269 e. The fraction of sp³-hybridized carbons (Fsp3) is 0.231. The Bertz CT molecular complexity index is 551. The van der Waals surface area contributed by atoms with E-state index >= 15 is 0 Å². The van der Waals surface area contributed by atoms with Crippen molar-refractivity contribution in [3.05, 3.63) is 61.6 Å². The van der Waals surface area contributed by atoms with Gasteiger partial charge in [-0.05, 0) is 53.3 Å². The number of nitro groups is 1. The Morgan fingerprint density at radius 1 is 1.21 bits per heavy atom. The molecule has 0 amide bonds. The van der Waals surface area contributed by atoms with Gasteiger partial charge >= 0.3 is 0 Å². The second kappa shape index (κ2) is 6.67. The first-order chi connectivity index (χ1) is 9.15. The van der Waals surface area contributed by atoms with E-state index in [1.807, 2.05) is 12.1 Å². The van der Waals surface area contributed by atoms with Crippen molar-refractivity contribution in [2.75, 3.05) is 6.54 Å². The Hall–Kier alpha value is -1.41. The quantitative estimate of drug-likeness (QED) is 0.366. The van der Waals surface area contributed by atoms with Crippen LogP contribution < -0.4 is 5.32 Å². The summed E-state index contributed by atoms with van der Waals surface area (Å²) in [6.45, 7) is 1.49. The third kappa shape index (κ3) is 4.32. The topological polar surface area (TPSA) is 68.3 Å². The van der Waals surface area contributed by atoms with Crippen LogP contribution in [0.1, 0.15) is 11.3 Å². The highest BCUT2D eigenvalue weighted by Crippen LogP contribution is 2.12. The average Bonchev–Trinajstić information content (AvgIpc) is 2.81. The molecule has 2 rings (SSSR count). The molecule has 0 aliphatic rings. The van der Waals surface area contributed by atoms with Crippen molar-refractivity contribution in [1.82, 2.24) is 5.32 Å². The van der Waals surface area contributed by atoms with Crippen molar-refractivity contribution in [1.29, 1.82) is 0 Å². The van der Waals surface area contributed by atoms with Crippen LogP contribution in [0.3, 0.4) is 0 Å². The van der Waals surface area contributed by atoms with Crippen molar-refractivity contribution in [2.24, 2.45) is 0 Å². The van der Waals surface area contributed by atoms with Crippen molar-refractivity contribution < 1.29 is 9.34 Å². The summed E-state index contributed by atoms with van der Waals surface area (Å²) in [5, 5.41) is 13.8. The summed E-state index contributed by atoms with van der Waals surface area (Å²) in [5.41, 5.74) is 1.20. The second-order valence-electron chi connectivity index (χ2n) is 4.06. The fourth-order valence-electron chi connectivity index (χ4n) is 1.68. The van der Waals surface area contributed by atoms with Crippen LogP contribution in [0.15, 0.2) is 40.8 Å². The standard InChI is InChI=1S/C13H13IN2O3/c14-13-6-5-12(19-13)9-15-8-7-10-1-3-11(4-2-10)16(17)18/h1-6,15H,7-9H2. The van der Waals surface area contributed by atoms with Crippen LogP contribution in [0, 0.1) is 13.9 Å². The second-order valence-corrected chi connectivity index (χ2v) is 5.12. The number of hydrogen-bond donors (Lipinski definition) is 1. The summed E-state index contributed by atoms with van der Waals surface area (Å²) in [7, 11) is 0. The number of furan rings is 1. The molecule has 0 bridgehead atoms. The maximum atomic E-state index is 10.5. The van der Waals surface area contributed by atoms with Gasteiger partial charge in [0.2, 0.25) is 0 Å². The lowest BCUT2D eigenvalue weighted by molar-refractivity contribution is -0.384. The first-order valence-electron chi connectivity index (χ1n) is 5.83. The van der Waals surface area contributed by atoms with Crippen LogP contribution in [0.2, 0.25) is 0 Å². The van der Waals surface area contributed by atoms with Gasteiger partial charge in [0.25, 0.3) is 5.69 Å². The SMILES string of the molecule is O=[N+]([O-])c1ccc(CCNCc2ccc(I)o2)cc1. The summed E-state index contributed by atoms with van der Waals surface area (Å²) in [6, 6.07) is 10.5. The van der Waals surface area contributed by atoms with Crippen LogP contribution in [0.5, 0.6) is 0 Å². The van der Waals surface area contributed by atoms with Gasteiger partial charge in [-0.15, -0.1) is 0 Å². The van der Waals surface area contributed by atoms with Crippen LogP contribution in [0.25, 0.3) is 0 Å². The Labute approximate surface area is 124 Å². The van der Waals surface area contributed by atoms with Crippen molar-refractivity contribution in [2.45, 2.75) is 13.0 Å². The first kappa shape index (κ1) is 14.0. The third-order valence-electron chi connectivity index (χ3n) is 2.67. The Balaban J connectivity index is 1.75.